The van der Waals surface area contributed by atoms with Gasteiger partial charge in [-0.05, 0) is 38.5 Å². The number of nitrogen functional groups attached to an aromatic ring is 1. The Morgan fingerprint density at radius 2 is 2.24 bits per heavy atom. The molecular formula is C13H20N2O2. The SMILES string of the molecule is CCOCC(C)NC(=O)c1ccc(C)cc1N. The highest BCUT2D eigenvalue weighted by Gasteiger charge is 2.12. The zero-order valence-electron chi connectivity index (χ0n) is 10.6. The quantitative estimate of drug-likeness (QED) is 0.765. The molecule has 0 bridgehead atoms. The van der Waals surface area contributed by atoms with Gasteiger partial charge in [-0.3, -0.25) is 4.79 Å². The maximum Gasteiger partial charge on any atom is 0.253 e. The van der Waals surface area contributed by atoms with Gasteiger partial charge in [0.1, 0.15) is 0 Å². The minimum atomic E-state index is -0.158. The summed E-state index contributed by atoms with van der Waals surface area (Å²) in [5, 5.41) is 2.85. The molecule has 17 heavy (non-hydrogen) atoms. The smallest absolute Gasteiger partial charge is 0.253 e. The van der Waals surface area contributed by atoms with Crippen LogP contribution in [0.15, 0.2) is 18.2 Å². The van der Waals surface area contributed by atoms with Crippen LogP contribution < -0.4 is 11.1 Å². The minimum Gasteiger partial charge on any atom is -0.398 e. The van der Waals surface area contributed by atoms with E-state index in [2.05, 4.69) is 5.32 Å². The summed E-state index contributed by atoms with van der Waals surface area (Å²) >= 11 is 0. The lowest BCUT2D eigenvalue weighted by Gasteiger charge is -2.14. The van der Waals surface area contributed by atoms with E-state index in [1.54, 1.807) is 12.1 Å². The van der Waals surface area contributed by atoms with E-state index >= 15 is 0 Å². The summed E-state index contributed by atoms with van der Waals surface area (Å²) in [6.07, 6.45) is 0. The maximum absolute atomic E-state index is 11.9. The molecule has 4 heteroatoms. The molecule has 1 rings (SSSR count). The first-order valence-corrected chi connectivity index (χ1v) is 5.79. The lowest BCUT2D eigenvalue weighted by Crippen LogP contribution is -2.36. The number of nitrogens with two attached hydrogens (primary N) is 1. The van der Waals surface area contributed by atoms with Gasteiger partial charge in [0.15, 0.2) is 0 Å². The van der Waals surface area contributed by atoms with Gasteiger partial charge >= 0.3 is 0 Å². The number of carbonyl (C=O) groups is 1. The van der Waals surface area contributed by atoms with Gasteiger partial charge in [-0.15, -0.1) is 0 Å². The van der Waals surface area contributed by atoms with Gasteiger partial charge in [-0.25, -0.2) is 0 Å². The number of nitrogens with one attached hydrogen (secondary N) is 1. The molecule has 0 saturated heterocycles. The summed E-state index contributed by atoms with van der Waals surface area (Å²) in [5.74, 6) is -0.158. The first kappa shape index (κ1) is 13.5. The highest BCUT2D eigenvalue weighted by atomic mass is 16.5. The Balaban J connectivity index is 2.63. The summed E-state index contributed by atoms with van der Waals surface area (Å²) < 4.78 is 5.24. The predicted molar refractivity (Wildman–Crippen MR) is 69.0 cm³/mol. The van der Waals surface area contributed by atoms with Crippen LogP contribution in [0.4, 0.5) is 5.69 Å². The number of hydrogen-bond acceptors (Lipinski definition) is 3. The van der Waals surface area contributed by atoms with Crippen molar-refractivity contribution in [3.05, 3.63) is 29.3 Å². The van der Waals surface area contributed by atoms with Crippen molar-refractivity contribution in [2.75, 3.05) is 18.9 Å². The molecule has 4 nitrogen and oxygen atoms in total. The standard InChI is InChI=1S/C13H20N2O2/c1-4-17-8-10(3)15-13(16)11-6-5-9(2)7-12(11)14/h5-7,10H,4,8,14H2,1-3H3,(H,15,16). The summed E-state index contributed by atoms with van der Waals surface area (Å²) in [7, 11) is 0. The lowest BCUT2D eigenvalue weighted by atomic mass is 10.1. The number of amides is 1. The molecular weight excluding hydrogens is 216 g/mol. The van der Waals surface area contributed by atoms with Crippen LogP contribution in [-0.2, 0) is 4.74 Å². The van der Waals surface area contributed by atoms with E-state index in [1.165, 1.54) is 0 Å². The fourth-order valence-electron chi connectivity index (χ4n) is 1.53. The molecule has 3 N–H and O–H groups in total. The van der Waals surface area contributed by atoms with Gasteiger partial charge < -0.3 is 15.8 Å². The van der Waals surface area contributed by atoms with Gasteiger partial charge in [0.25, 0.3) is 5.91 Å². The molecule has 0 fully saturated rings. The van der Waals surface area contributed by atoms with Crippen LogP contribution in [0.1, 0.15) is 29.8 Å². The third-order valence-electron chi connectivity index (χ3n) is 2.40. The van der Waals surface area contributed by atoms with Crippen molar-refractivity contribution in [2.45, 2.75) is 26.8 Å². The van der Waals surface area contributed by atoms with Crippen molar-refractivity contribution in [1.29, 1.82) is 0 Å². The number of aryl methyl sites for hydroxylation is 1. The Bertz CT molecular complexity index is 391. The molecule has 0 aromatic heterocycles. The predicted octanol–water partition coefficient (Wildman–Crippen LogP) is 1.73. The van der Waals surface area contributed by atoms with Crippen LogP contribution in [-0.4, -0.2) is 25.2 Å². The molecule has 0 radical (unpaired) electrons. The minimum absolute atomic E-state index is 0.0249. The van der Waals surface area contributed by atoms with E-state index in [1.807, 2.05) is 26.8 Å². The molecule has 0 saturated carbocycles. The third-order valence-corrected chi connectivity index (χ3v) is 2.40. The number of hydrogen-bond donors (Lipinski definition) is 2. The molecule has 1 amide bonds. The second kappa shape index (κ2) is 6.25. The zero-order valence-corrected chi connectivity index (χ0v) is 10.6. The van der Waals surface area contributed by atoms with Gasteiger partial charge in [0, 0.05) is 18.3 Å². The molecule has 0 heterocycles. The molecule has 1 atom stereocenters. The van der Waals surface area contributed by atoms with E-state index in [0.29, 0.717) is 24.5 Å². The number of rotatable bonds is 5. The van der Waals surface area contributed by atoms with Crippen molar-refractivity contribution in [2.24, 2.45) is 0 Å². The second-order valence-electron chi connectivity index (χ2n) is 4.12. The summed E-state index contributed by atoms with van der Waals surface area (Å²) in [6, 6.07) is 5.39. The molecule has 0 aliphatic carbocycles. The summed E-state index contributed by atoms with van der Waals surface area (Å²) in [5.41, 5.74) is 7.87. The van der Waals surface area contributed by atoms with Crippen molar-refractivity contribution < 1.29 is 9.53 Å². The monoisotopic (exact) mass is 236 g/mol. The average Bonchev–Trinajstić information content (AvgIpc) is 2.26. The Labute approximate surface area is 102 Å². The van der Waals surface area contributed by atoms with E-state index in [0.717, 1.165) is 5.56 Å². The topological polar surface area (TPSA) is 64.3 Å². The zero-order chi connectivity index (χ0) is 12.8. The molecule has 94 valence electrons. The molecule has 1 aromatic carbocycles. The number of carbonyl (C=O) groups excluding carboxylic acids is 1. The van der Waals surface area contributed by atoms with E-state index in [9.17, 15) is 4.79 Å². The molecule has 0 aliphatic heterocycles. The number of ether oxygens (including phenoxy) is 1. The van der Waals surface area contributed by atoms with Crippen molar-refractivity contribution in [3.8, 4) is 0 Å². The fraction of sp³-hybridized carbons (Fsp3) is 0.462. The van der Waals surface area contributed by atoms with Crippen molar-refractivity contribution in [3.63, 3.8) is 0 Å². The first-order valence-electron chi connectivity index (χ1n) is 5.79. The molecule has 0 spiro atoms. The lowest BCUT2D eigenvalue weighted by molar-refractivity contribution is 0.0873. The van der Waals surface area contributed by atoms with E-state index < -0.39 is 0 Å². The fourth-order valence-corrected chi connectivity index (χ4v) is 1.53. The van der Waals surface area contributed by atoms with Gasteiger partial charge in [0.2, 0.25) is 0 Å². The van der Waals surface area contributed by atoms with E-state index in [-0.39, 0.29) is 11.9 Å². The first-order chi connectivity index (χ1) is 8.04. The van der Waals surface area contributed by atoms with Crippen LogP contribution in [0.3, 0.4) is 0 Å². The third kappa shape index (κ3) is 4.07. The molecule has 1 unspecified atom stereocenters. The van der Waals surface area contributed by atoms with Crippen molar-refractivity contribution >= 4 is 11.6 Å². The van der Waals surface area contributed by atoms with Crippen LogP contribution in [0.5, 0.6) is 0 Å². The van der Waals surface area contributed by atoms with Crippen LogP contribution in [0.2, 0.25) is 0 Å². The van der Waals surface area contributed by atoms with E-state index in [4.69, 9.17) is 10.5 Å². The Morgan fingerprint density at radius 1 is 1.53 bits per heavy atom. The Hall–Kier alpha value is -1.55. The van der Waals surface area contributed by atoms with Crippen LogP contribution >= 0.6 is 0 Å². The van der Waals surface area contributed by atoms with Gasteiger partial charge in [-0.2, -0.15) is 0 Å². The van der Waals surface area contributed by atoms with Gasteiger partial charge in [-0.1, -0.05) is 6.07 Å². The number of benzene rings is 1. The normalized spacial score (nSPS) is 12.2. The average molecular weight is 236 g/mol. The molecule has 1 aromatic rings. The second-order valence-corrected chi connectivity index (χ2v) is 4.12. The maximum atomic E-state index is 11.9. The number of anilines is 1. The molecule has 0 aliphatic rings. The van der Waals surface area contributed by atoms with Crippen LogP contribution in [0.25, 0.3) is 0 Å². The Kier molecular flexibility index (Phi) is 4.97. The van der Waals surface area contributed by atoms with Crippen LogP contribution in [0, 0.1) is 6.92 Å². The Morgan fingerprint density at radius 3 is 2.82 bits per heavy atom. The summed E-state index contributed by atoms with van der Waals surface area (Å²) in [4.78, 5) is 11.9. The highest BCUT2D eigenvalue weighted by Crippen LogP contribution is 2.13. The largest absolute Gasteiger partial charge is 0.398 e. The summed E-state index contributed by atoms with van der Waals surface area (Å²) in [6.45, 7) is 6.92. The van der Waals surface area contributed by atoms with Crippen molar-refractivity contribution in [1.82, 2.24) is 5.32 Å². The highest BCUT2D eigenvalue weighted by molar-refractivity contribution is 5.99. The van der Waals surface area contributed by atoms with Gasteiger partial charge in [0.05, 0.1) is 12.2 Å².